The van der Waals surface area contributed by atoms with E-state index in [2.05, 4.69) is 31.9 Å². The SMILES string of the molecule is COc1cc(Br)ccc1C(=O)c1ccc(F)c(Br)c1. The van der Waals surface area contributed by atoms with Gasteiger partial charge in [-0.25, -0.2) is 4.39 Å². The normalized spacial score (nSPS) is 10.3. The van der Waals surface area contributed by atoms with Gasteiger partial charge in [-0.15, -0.1) is 0 Å². The Morgan fingerprint density at radius 2 is 1.89 bits per heavy atom. The summed E-state index contributed by atoms with van der Waals surface area (Å²) in [5, 5.41) is 0. The number of rotatable bonds is 3. The predicted octanol–water partition coefficient (Wildman–Crippen LogP) is 4.59. The van der Waals surface area contributed by atoms with Crippen molar-refractivity contribution >= 4 is 37.6 Å². The van der Waals surface area contributed by atoms with E-state index >= 15 is 0 Å². The van der Waals surface area contributed by atoms with Crippen molar-refractivity contribution in [1.29, 1.82) is 0 Å². The van der Waals surface area contributed by atoms with Crippen LogP contribution < -0.4 is 4.74 Å². The second kappa shape index (κ2) is 5.84. The van der Waals surface area contributed by atoms with E-state index in [0.717, 1.165) is 4.47 Å². The molecule has 2 aromatic rings. The lowest BCUT2D eigenvalue weighted by atomic mass is 10.0. The van der Waals surface area contributed by atoms with Crippen LogP contribution in [-0.4, -0.2) is 12.9 Å². The fraction of sp³-hybridized carbons (Fsp3) is 0.0714. The second-order valence-electron chi connectivity index (χ2n) is 3.80. The van der Waals surface area contributed by atoms with E-state index in [0.29, 0.717) is 16.9 Å². The van der Waals surface area contributed by atoms with Crippen LogP contribution in [0, 0.1) is 5.82 Å². The van der Waals surface area contributed by atoms with Gasteiger partial charge in [-0.1, -0.05) is 15.9 Å². The summed E-state index contributed by atoms with van der Waals surface area (Å²) < 4.78 is 19.4. The molecule has 5 heteroatoms. The molecule has 2 rings (SSSR count). The van der Waals surface area contributed by atoms with Crippen molar-refractivity contribution in [3.8, 4) is 5.75 Å². The quantitative estimate of drug-likeness (QED) is 0.720. The molecular formula is C14H9Br2FO2. The second-order valence-corrected chi connectivity index (χ2v) is 5.57. The molecule has 2 aromatic carbocycles. The number of halogens is 3. The lowest BCUT2D eigenvalue weighted by molar-refractivity contribution is 0.103. The molecule has 0 aliphatic carbocycles. The minimum absolute atomic E-state index is 0.218. The molecule has 19 heavy (non-hydrogen) atoms. The van der Waals surface area contributed by atoms with E-state index in [-0.39, 0.29) is 10.3 Å². The van der Waals surface area contributed by atoms with Gasteiger partial charge in [-0.3, -0.25) is 4.79 Å². The summed E-state index contributed by atoms with van der Waals surface area (Å²) in [4.78, 5) is 12.4. The van der Waals surface area contributed by atoms with Gasteiger partial charge in [0.2, 0.25) is 0 Å². The van der Waals surface area contributed by atoms with Gasteiger partial charge in [-0.05, 0) is 52.3 Å². The van der Waals surface area contributed by atoms with Crippen molar-refractivity contribution in [2.24, 2.45) is 0 Å². The highest BCUT2D eigenvalue weighted by molar-refractivity contribution is 9.10. The predicted molar refractivity (Wildman–Crippen MR) is 78.2 cm³/mol. The fourth-order valence-corrected chi connectivity index (χ4v) is 2.36. The maximum Gasteiger partial charge on any atom is 0.196 e. The highest BCUT2D eigenvalue weighted by atomic mass is 79.9. The van der Waals surface area contributed by atoms with Crippen LogP contribution in [0.5, 0.6) is 5.75 Å². The molecule has 0 N–H and O–H groups in total. The van der Waals surface area contributed by atoms with Crippen molar-refractivity contribution in [2.75, 3.05) is 7.11 Å². The van der Waals surface area contributed by atoms with E-state index in [1.54, 1.807) is 18.2 Å². The first-order valence-electron chi connectivity index (χ1n) is 5.36. The molecule has 0 unspecified atom stereocenters. The Kier molecular flexibility index (Phi) is 4.37. The van der Waals surface area contributed by atoms with Gasteiger partial charge in [0.15, 0.2) is 5.78 Å². The van der Waals surface area contributed by atoms with Crippen molar-refractivity contribution in [2.45, 2.75) is 0 Å². The van der Waals surface area contributed by atoms with E-state index < -0.39 is 5.82 Å². The largest absolute Gasteiger partial charge is 0.496 e. The first-order valence-corrected chi connectivity index (χ1v) is 6.95. The molecule has 0 aliphatic heterocycles. The number of benzene rings is 2. The molecule has 0 saturated carbocycles. The Bertz CT molecular complexity index is 641. The molecule has 0 bridgehead atoms. The van der Waals surface area contributed by atoms with Crippen LogP contribution in [-0.2, 0) is 0 Å². The minimum Gasteiger partial charge on any atom is -0.496 e. The zero-order valence-electron chi connectivity index (χ0n) is 9.91. The van der Waals surface area contributed by atoms with E-state index in [9.17, 15) is 9.18 Å². The van der Waals surface area contributed by atoms with Crippen molar-refractivity contribution in [3.05, 3.63) is 62.3 Å². The third-order valence-electron chi connectivity index (χ3n) is 2.59. The van der Waals surface area contributed by atoms with E-state index in [1.165, 1.54) is 25.3 Å². The van der Waals surface area contributed by atoms with Gasteiger partial charge in [0.05, 0.1) is 17.1 Å². The number of carbonyl (C=O) groups is 1. The summed E-state index contributed by atoms with van der Waals surface area (Å²) in [5.74, 6) is -0.149. The fourth-order valence-electron chi connectivity index (χ4n) is 1.65. The summed E-state index contributed by atoms with van der Waals surface area (Å²) in [7, 11) is 1.50. The summed E-state index contributed by atoms with van der Waals surface area (Å²) >= 11 is 6.38. The van der Waals surface area contributed by atoms with Crippen LogP contribution in [0.15, 0.2) is 45.3 Å². The molecule has 0 atom stereocenters. The van der Waals surface area contributed by atoms with Crippen LogP contribution in [0.25, 0.3) is 0 Å². The third-order valence-corrected chi connectivity index (χ3v) is 3.69. The monoisotopic (exact) mass is 386 g/mol. The lowest BCUT2D eigenvalue weighted by Crippen LogP contribution is -2.04. The number of carbonyl (C=O) groups excluding carboxylic acids is 1. The van der Waals surface area contributed by atoms with Gasteiger partial charge in [0.1, 0.15) is 11.6 Å². The summed E-state index contributed by atoms with van der Waals surface area (Å²) in [6.07, 6.45) is 0. The molecule has 0 amide bonds. The van der Waals surface area contributed by atoms with Crippen molar-refractivity contribution in [1.82, 2.24) is 0 Å². The summed E-state index contributed by atoms with van der Waals surface area (Å²) in [6, 6.07) is 9.30. The molecule has 0 radical (unpaired) electrons. The molecule has 98 valence electrons. The average Bonchev–Trinajstić information content (AvgIpc) is 2.41. The molecule has 0 aromatic heterocycles. The van der Waals surface area contributed by atoms with Gasteiger partial charge < -0.3 is 4.74 Å². The van der Waals surface area contributed by atoms with Gasteiger partial charge in [-0.2, -0.15) is 0 Å². The van der Waals surface area contributed by atoms with Crippen molar-refractivity contribution in [3.63, 3.8) is 0 Å². The van der Waals surface area contributed by atoms with Crippen LogP contribution in [0.1, 0.15) is 15.9 Å². The van der Waals surface area contributed by atoms with Gasteiger partial charge in [0.25, 0.3) is 0 Å². The Balaban J connectivity index is 2.46. The van der Waals surface area contributed by atoms with Crippen molar-refractivity contribution < 1.29 is 13.9 Å². The minimum atomic E-state index is -0.403. The lowest BCUT2D eigenvalue weighted by Gasteiger charge is -2.08. The van der Waals surface area contributed by atoms with E-state index in [1.807, 2.05) is 0 Å². The average molecular weight is 388 g/mol. The Morgan fingerprint density at radius 1 is 1.16 bits per heavy atom. The standard InChI is InChI=1S/C14H9Br2FO2/c1-19-13-7-9(15)3-4-10(13)14(18)8-2-5-12(17)11(16)6-8/h2-7H,1H3. The van der Waals surface area contributed by atoms with Crippen LogP contribution in [0.4, 0.5) is 4.39 Å². The number of ketones is 1. The molecule has 0 spiro atoms. The maximum absolute atomic E-state index is 13.2. The molecule has 0 fully saturated rings. The molecule has 0 aliphatic rings. The van der Waals surface area contributed by atoms with Crippen LogP contribution in [0.2, 0.25) is 0 Å². The molecular weight excluding hydrogens is 379 g/mol. The molecule has 0 heterocycles. The number of ether oxygens (including phenoxy) is 1. The van der Waals surface area contributed by atoms with Gasteiger partial charge >= 0.3 is 0 Å². The van der Waals surface area contributed by atoms with Gasteiger partial charge in [0, 0.05) is 10.0 Å². The zero-order chi connectivity index (χ0) is 14.0. The summed E-state index contributed by atoms with van der Waals surface area (Å²) in [6.45, 7) is 0. The highest BCUT2D eigenvalue weighted by Crippen LogP contribution is 2.27. The topological polar surface area (TPSA) is 26.3 Å². The molecule has 0 saturated heterocycles. The van der Waals surface area contributed by atoms with E-state index in [4.69, 9.17) is 4.74 Å². The number of hydrogen-bond donors (Lipinski definition) is 0. The third kappa shape index (κ3) is 3.04. The first-order chi connectivity index (χ1) is 9.02. The first kappa shape index (κ1) is 14.2. The van der Waals surface area contributed by atoms with Crippen LogP contribution in [0.3, 0.4) is 0 Å². The summed E-state index contributed by atoms with van der Waals surface area (Å²) in [5.41, 5.74) is 0.832. The Morgan fingerprint density at radius 3 is 2.53 bits per heavy atom. The smallest absolute Gasteiger partial charge is 0.196 e. The molecule has 2 nitrogen and oxygen atoms in total. The number of methoxy groups -OCH3 is 1. The zero-order valence-corrected chi connectivity index (χ0v) is 13.1. The Hall–Kier alpha value is -1.20. The van der Waals surface area contributed by atoms with Crippen LogP contribution >= 0.6 is 31.9 Å². The number of hydrogen-bond acceptors (Lipinski definition) is 2. The Labute approximate surface area is 126 Å². The highest BCUT2D eigenvalue weighted by Gasteiger charge is 2.15. The maximum atomic E-state index is 13.2.